The topological polar surface area (TPSA) is 108 Å². The summed E-state index contributed by atoms with van der Waals surface area (Å²) < 4.78 is 7.00. The summed E-state index contributed by atoms with van der Waals surface area (Å²) >= 11 is 6.01. The maximum atomic E-state index is 11.3. The van der Waals surface area contributed by atoms with Crippen molar-refractivity contribution in [2.75, 3.05) is 18.5 Å². The SMILES string of the molecule is CCOCCn1nc(C=O)c2nc(Cl)nc(Nc3cc(C)ncn3)c21. The van der Waals surface area contributed by atoms with Gasteiger partial charge in [-0.15, -0.1) is 0 Å². The van der Waals surface area contributed by atoms with E-state index < -0.39 is 0 Å². The van der Waals surface area contributed by atoms with E-state index in [-0.39, 0.29) is 11.0 Å². The number of carbonyl (C=O) groups is 1. The number of aldehydes is 1. The van der Waals surface area contributed by atoms with E-state index >= 15 is 0 Å². The molecule has 25 heavy (non-hydrogen) atoms. The van der Waals surface area contributed by atoms with Crippen molar-refractivity contribution >= 4 is 40.6 Å². The molecule has 0 aliphatic rings. The average Bonchev–Trinajstić information content (AvgIpc) is 2.93. The number of nitrogens with zero attached hydrogens (tertiary/aromatic N) is 6. The molecule has 3 rings (SSSR count). The summed E-state index contributed by atoms with van der Waals surface area (Å²) in [6.07, 6.45) is 2.09. The van der Waals surface area contributed by atoms with Crippen molar-refractivity contribution in [2.45, 2.75) is 20.4 Å². The van der Waals surface area contributed by atoms with Crippen LogP contribution in [0.15, 0.2) is 12.4 Å². The van der Waals surface area contributed by atoms with Gasteiger partial charge >= 0.3 is 0 Å². The number of aromatic nitrogens is 6. The summed E-state index contributed by atoms with van der Waals surface area (Å²) in [5.74, 6) is 0.957. The van der Waals surface area contributed by atoms with Gasteiger partial charge in [-0.3, -0.25) is 9.48 Å². The molecular formula is C15H16ClN7O2. The lowest BCUT2D eigenvalue weighted by molar-refractivity contribution is 0.111. The number of anilines is 2. The smallest absolute Gasteiger partial charge is 0.225 e. The molecule has 3 aromatic heterocycles. The standard InChI is InChI=1S/C15H16ClN7O2/c1-3-25-5-4-23-13-12(10(7-24)22-23)20-15(16)21-14(13)19-11-6-9(2)17-8-18-11/h6-8H,3-5H2,1-2H3,(H,17,18,19,20,21). The zero-order valence-electron chi connectivity index (χ0n) is 13.7. The summed E-state index contributed by atoms with van der Waals surface area (Å²) in [6, 6.07) is 1.77. The summed E-state index contributed by atoms with van der Waals surface area (Å²) in [7, 11) is 0. The fourth-order valence-electron chi connectivity index (χ4n) is 2.35. The van der Waals surface area contributed by atoms with E-state index in [0.717, 1.165) is 5.69 Å². The van der Waals surface area contributed by atoms with Crippen molar-refractivity contribution in [1.29, 1.82) is 0 Å². The van der Waals surface area contributed by atoms with Gasteiger partial charge in [-0.05, 0) is 25.4 Å². The Kier molecular flexibility index (Phi) is 5.15. The van der Waals surface area contributed by atoms with Crippen molar-refractivity contribution in [3.05, 3.63) is 29.1 Å². The minimum absolute atomic E-state index is 0.00763. The Morgan fingerprint density at radius 3 is 2.92 bits per heavy atom. The van der Waals surface area contributed by atoms with Crippen LogP contribution in [-0.4, -0.2) is 49.2 Å². The fraction of sp³-hybridized carbons (Fsp3) is 0.333. The van der Waals surface area contributed by atoms with Crippen LogP contribution in [0.25, 0.3) is 11.0 Å². The highest BCUT2D eigenvalue weighted by molar-refractivity contribution is 6.29. The van der Waals surface area contributed by atoms with Gasteiger partial charge < -0.3 is 10.1 Å². The van der Waals surface area contributed by atoms with Crippen molar-refractivity contribution in [3.8, 4) is 0 Å². The predicted octanol–water partition coefficient (Wildman–Crippen LogP) is 2.17. The molecule has 3 heterocycles. The Balaban J connectivity index is 2.09. The van der Waals surface area contributed by atoms with Crippen molar-refractivity contribution in [3.63, 3.8) is 0 Å². The molecule has 0 amide bonds. The Bertz CT molecular complexity index is 912. The van der Waals surface area contributed by atoms with Crippen molar-refractivity contribution in [1.82, 2.24) is 29.7 Å². The molecular weight excluding hydrogens is 346 g/mol. The van der Waals surface area contributed by atoms with Gasteiger partial charge in [0.25, 0.3) is 0 Å². The van der Waals surface area contributed by atoms with Gasteiger partial charge in [-0.2, -0.15) is 10.1 Å². The Morgan fingerprint density at radius 2 is 2.20 bits per heavy atom. The van der Waals surface area contributed by atoms with Crippen LogP contribution in [0.1, 0.15) is 23.1 Å². The highest BCUT2D eigenvalue weighted by atomic mass is 35.5. The number of ether oxygens (including phenoxy) is 1. The largest absolute Gasteiger partial charge is 0.380 e. The first kappa shape index (κ1) is 17.2. The molecule has 0 spiro atoms. The summed E-state index contributed by atoms with van der Waals surface area (Å²) in [6.45, 7) is 5.24. The van der Waals surface area contributed by atoms with E-state index in [4.69, 9.17) is 16.3 Å². The molecule has 0 radical (unpaired) electrons. The number of rotatable bonds is 7. The van der Waals surface area contributed by atoms with Gasteiger partial charge in [-0.1, -0.05) is 0 Å². The molecule has 0 bridgehead atoms. The number of hydrogen-bond donors (Lipinski definition) is 1. The highest BCUT2D eigenvalue weighted by Gasteiger charge is 2.18. The maximum Gasteiger partial charge on any atom is 0.225 e. The minimum atomic E-state index is 0.00763. The Morgan fingerprint density at radius 1 is 1.36 bits per heavy atom. The number of fused-ring (bicyclic) bond motifs is 1. The van der Waals surface area contributed by atoms with E-state index in [1.165, 1.54) is 6.33 Å². The highest BCUT2D eigenvalue weighted by Crippen LogP contribution is 2.26. The summed E-state index contributed by atoms with van der Waals surface area (Å²) in [5.41, 5.74) is 1.92. The Hall–Kier alpha value is -2.65. The van der Waals surface area contributed by atoms with Gasteiger partial charge in [0.1, 0.15) is 23.2 Å². The van der Waals surface area contributed by atoms with Crippen molar-refractivity contribution < 1.29 is 9.53 Å². The number of nitrogens with one attached hydrogen (secondary N) is 1. The zero-order valence-corrected chi connectivity index (χ0v) is 14.5. The van der Waals surface area contributed by atoms with Gasteiger partial charge in [0.05, 0.1) is 13.2 Å². The van der Waals surface area contributed by atoms with E-state index in [1.54, 1.807) is 10.7 Å². The molecule has 0 unspecified atom stereocenters. The summed E-state index contributed by atoms with van der Waals surface area (Å²) in [5, 5.41) is 7.38. The number of aryl methyl sites for hydroxylation is 1. The molecule has 0 saturated heterocycles. The molecule has 9 nitrogen and oxygen atoms in total. The predicted molar refractivity (Wildman–Crippen MR) is 92.3 cm³/mol. The number of hydrogen-bond acceptors (Lipinski definition) is 8. The third-order valence-electron chi connectivity index (χ3n) is 3.40. The van der Waals surface area contributed by atoms with Crippen LogP contribution in [-0.2, 0) is 11.3 Å². The van der Waals surface area contributed by atoms with E-state index in [0.29, 0.717) is 48.7 Å². The monoisotopic (exact) mass is 361 g/mol. The van der Waals surface area contributed by atoms with Gasteiger partial charge in [0.15, 0.2) is 17.8 Å². The zero-order chi connectivity index (χ0) is 17.8. The first-order valence-electron chi connectivity index (χ1n) is 7.65. The fourth-order valence-corrected chi connectivity index (χ4v) is 2.51. The van der Waals surface area contributed by atoms with Crippen LogP contribution in [0.2, 0.25) is 5.28 Å². The van der Waals surface area contributed by atoms with E-state index in [1.807, 2.05) is 13.8 Å². The molecule has 10 heteroatoms. The first-order valence-corrected chi connectivity index (χ1v) is 8.02. The number of carbonyl (C=O) groups excluding carboxylic acids is 1. The quantitative estimate of drug-likeness (QED) is 0.387. The van der Waals surface area contributed by atoms with Crippen LogP contribution in [0.3, 0.4) is 0 Å². The molecule has 0 atom stereocenters. The molecule has 0 saturated carbocycles. The maximum absolute atomic E-state index is 11.3. The van der Waals surface area contributed by atoms with Gasteiger partial charge in [-0.25, -0.2) is 15.0 Å². The molecule has 3 aromatic rings. The summed E-state index contributed by atoms with van der Waals surface area (Å²) in [4.78, 5) is 27.9. The number of halogens is 1. The second-order valence-corrected chi connectivity index (χ2v) is 5.47. The third-order valence-corrected chi connectivity index (χ3v) is 3.57. The Labute approximate surface area is 148 Å². The van der Waals surface area contributed by atoms with Crippen LogP contribution in [0.4, 0.5) is 11.6 Å². The molecule has 0 aromatic carbocycles. The second-order valence-electron chi connectivity index (χ2n) is 5.13. The van der Waals surface area contributed by atoms with E-state index in [9.17, 15) is 4.79 Å². The van der Waals surface area contributed by atoms with Crippen LogP contribution in [0, 0.1) is 6.92 Å². The second kappa shape index (κ2) is 7.49. The van der Waals surface area contributed by atoms with E-state index in [2.05, 4.69) is 30.4 Å². The molecule has 0 aliphatic carbocycles. The van der Waals surface area contributed by atoms with Crippen LogP contribution >= 0.6 is 11.6 Å². The third kappa shape index (κ3) is 3.72. The lowest BCUT2D eigenvalue weighted by atomic mass is 10.3. The molecule has 1 N–H and O–H groups in total. The van der Waals surface area contributed by atoms with Crippen LogP contribution in [0.5, 0.6) is 0 Å². The first-order chi connectivity index (χ1) is 12.1. The van der Waals surface area contributed by atoms with Gasteiger partial charge in [0.2, 0.25) is 5.28 Å². The van der Waals surface area contributed by atoms with Crippen molar-refractivity contribution in [2.24, 2.45) is 0 Å². The lowest BCUT2D eigenvalue weighted by Crippen LogP contribution is -2.09. The normalized spacial score (nSPS) is 11.0. The van der Waals surface area contributed by atoms with Gasteiger partial charge in [0, 0.05) is 18.4 Å². The molecule has 130 valence electrons. The van der Waals surface area contributed by atoms with Crippen LogP contribution < -0.4 is 5.32 Å². The molecule has 0 aliphatic heterocycles. The average molecular weight is 362 g/mol. The lowest BCUT2D eigenvalue weighted by Gasteiger charge is -2.09. The minimum Gasteiger partial charge on any atom is -0.380 e. The molecule has 0 fully saturated rings.